The first kappa shape index (κ1) is 26.6. The third kappa shape index (κ3) is 7.50. The van der Waals surface area contributed by atoms with Gasteiger partial charge in [0, 0.05) is 54.6 Å². The van der Waals surface area contributed by atoms with E-state index in [4.69, 9.17) is 15.3 Å². The Morgan fingerprint density at radius 3 is 2.94 bits per heavy atom. The van der Waals surface area contributed by atoms with Gasteiger partial charge in [-0.05, 0) is 49.1 Å². The van der Waals surface area contributed by atoms with E-state index in [1.54, 1.807) is 7.11 Å². The first-order valence-corrected chi connectivity index (χ1v) is 11.9. The molecule has 2 amide bonds. The number of urea groups is 1. The molecule has 2 aliphatic heterocycles. The molecular weight excluding hydrogens is 449 g/mol. The van der Waals surface area contributed by atoms with Gasteiger partial charge < -0.3 is 26.0 Å². The van der Waals surface area contributed by atoms with Crippen molar-refractivity contribution in [3.05, 3.63) is 71.6 Å². The molecule has 0 aromatic heterocycles. The minimum absolute atomic E-state index is 0.0227. The van der Waals surface area contributed by atoms with Gasteiger partial charge in [-0.2, -0.15) is 5.48 Å². The second kappa shape index (κ2) is 13.2. The average molecular weight is 486 g/mol. The van der Waals surface area contributed by atoms with Crippen molar-refractivity contribution in [2.75, 3.05) is 38.9 Å². The molecule has 3 atom stereocenters. The van der Waals surface area contributed by atoms with Crippen LogP contribution in [0.2, 0.25) is 0 Å². The third-order valence-corrected chi connectivity index (χ3v) is 5.79. The molecule has 190 valence electrons. The van der Waals surface area contributed by atoms with E-state index in [2.05, 4.69) is 46.2 Å². The highest BCUT2D eigenvalue weighted by atomic mass is 19.1. The molecule has 0 saturated carbocycles. The Morgan fingerprint density at radius 1 is 1.34 bits per heavy atom. The van der Waals surface area contributed by atoms with Gasteiger partial charge in [-0.15, -0.1) is 0 Å². The summed E-state index contributed by atoms with van der Waals surface area (Å²) < 4.78 is 17.3. The number of ether oxygens (including phenoxy) is 1. The molecule has 0 spiro atoms. The lowest BCUT2D eigenvalue weighted by atomic mass is 9.98. The summed E-state index contributed by atoms with van der Waals surface area (Å²) in [4.78, 5) is 19.5. The van der Waals surface area contributed by atoms with Gasteiger partial charge in [-0.25, -0.2) is 9.18 Å². The van der Waals surface area contributed by atoms with E-state index < -0.39 is 12.7 Å². The number of alkyl halides is 1. The molecule has 1 aromatic carbocycles. The van der Waals surface area contributed by atoms with Crippen molar-refractivity contribution in [1.82, 2.24) is 15.7 Å². The smallest absolute Gasteiger partial charge is 0.319 e. The Kier molecular flexibility index (Phi) is 10.0. The summed E-state index contributed by atoms with van der Waals surface area (Å²) in [6.07, 6.45) is 11.5. The molecular formula is C26H36FN5O3. The summed E-state index contributed by atoms with van der Waals surface area (Å²) in [5, 5.41) is 5.24. The topological polar surface area (TPSA) is 101 Å². The van der Waals surface area contributed by atoms with Crippen molar-refractivity contribution in [3.8, 4) is 0 Å². The van der Waals surface area contributed by atoms with Gasteiger partial charge in [-0.1, -0.05) is 31.2 Å². The summed E-state index contributed by atoms with van der Waals surface area (Å²) in [5.74, 6) is 0.321. The number of halogens is 1. The van der Waals surface area contributed by atoms with Gasteiger partial charge >= 0.3 is 6.03 Å². The molecule has 0 aliphatic carbocycles. The van der Waals surface area contributed by atoms with Crippen molar-refractivity contribution in [1.29, 1.82) is 0 Å². The minimum Gasteiger partial charge on any atom is -0.382 e. The van der Waals surface area contributed by atoms with E-state index in [0.29, 0.717) is 24.8 Å². The van der Waals surface area contributed by atoms with Gasteiger partial charge in [0.2, 0.25) is 0 Å². The summed E-state index contributed by atoms with van der Waals surface area (Å²) in [6, 6.07) is 6.83. The van der Waals surface area contributed by atoms with E-state index in [-0.39, 0.29) is 18.6 Å². The predicted octanol–water partition coefficient (Wildman–Crippen LogP) is 3.68. The van der Waals surface area contributed by atoms with E-state index >= 15 is 0 Å². The van der Waals surface area contributed by atoms with Crippen molar-refractivity contribution in [2.24, 2.45) is 11.7 Å². The maximum absolute atomic E-state index is 12.3. The number of nitrogens with zero attached hydrogens (tertiary/aromatic N) is 1. The van der Waals surface area contributed by atoms with Crippen LogP contribution < -0.4 is 21.8 Å². The summed E-state index contributed by atoms with van der Waals surface area (Å²) in [7, 11) is 1.63. The SMILES string of the molecule is COCCONC(C)C(N)C1=CC2=CCC(C)C=C(c3cccc(NC(=O)NCCF)c3)N2C=C1. The highest BCUT2D eigenvalue weighted by Crippen LogP contribution is 2.34. The number of allylic oxidation sites excluding steroid dienone is 3. The van der Waals surface area contributed by atoms with E-state index in [1.165, 1.54) is 0 Å². The van der Waals surface area contributed by atoms with E-state index in [9.17, 15) is 9.18 Å². The van der Waals surface area contributed by atoms with Crippen LogP contribution in [0.5, 0.6) is 0 Å². The van der Waals surface area contributed by atoms with Crippen LogP contribution in [0.3, 0.4) is 0 Å². The highest BCUT2D eigenvalue weighted by Gasteiger charge is 2.24. The third-order valence-electron chi connectivity index (χ3n) is 5.79. The monoisotopic (exact) mass is 485 g/mol. The van der Waals surface area contributed by atoms with Crippen LogP contribution in [0.1, 0.15) is 25.8 Å². The maximum Gasteiger partial charge on any atom is 0.319 e. The normalized spacial score (nSPS) is 19.1. The lowest BCUT2D eigenvalue weighted by Gasteiger charge is -2.30. The molecule has 1 aromatic rings. The Balaban J connectivity index is 1.76. The second-order valence-electron chi connectivity index (χ2n) is 8.65. The number of anilines is 1. The molecule has 5 N–H and O–H groups in total. The quantitative estimate of drug-likeness (QED) is 0.282. The van der Waals surface area contributed by atoms with Crippen molar-refractivity contribution < 1.29 is 18.8 Å². The van der Waals surface area contributed by atoms with Crippen LogP contribution in [0.4, 0.5) is 14.9 Å². The fourth-order valence-corrected chi connectivity index (χ4v) is 3.85. The van der Waals surface area contributed by atoms with Crippen molar-refractivity contribution >= 4 is 17.4 Å². The molecule has 3 unspecified atom stereocenters. The highest BCUT2D eigenvalue weighted by molar-refractivity contribution is 5.90. The molecule has 0 radical (unpaired) electrons. The Hall–Kier alpha value is -2.98. The number of hydrogen-bond acceptors (Lipinski definition) is 6. The molecule has 9 heteroatoms. The molecule has 8 nitrogen and oxygen atoms in total. The molecule has 0 bridgehead atoms. The van der Waals surface area contributed by atoms with E-state index in [1.807, 2.05) is 43.5 Å². The first-order chi connectivity index (χ1) is 16.9. The van der Waals surface area contributed by atoms with Crippen LogP contribution in [-0.2, 0) is 9.57 Å². The van der Waals surface area contributed by atoms with Gasteiger partial charge in [0.25, 0.3) is 0 Å². The zero-order chi connectivity index (χ0) is 25.2. The maximum atomic E-state index is 12.3. The van der Waals surface area contributed by atoms with Gasteiger partial charge in [0.15, 0.2) is 0 Å². The molecule has 0 saturated heterocycles. The van der Waals surface area contributed by atoms with Crippen LogP contribution >= 0.6 is 0 Å². The Labute approximate surface area is 206 Å². The average Bonchev–Trinajstić information content (AvgIpc) is 3.03. The Morgan fingerprint density at radius 2 is 2.17 bits per heavy atom. The van der Waals surface area contributed by atoms with Crippen molar-refractivity contribution in [2.45, 2.75) is 32.4 Å². The molecule has 35 heavy (non-hydrogen) atoms. The number of methoxy groups -OCH3 is 1. The van der Waals surface area contributed by atoms with Gasteiger partial charge in [0.1, 0.15) is 6.67 Å². The number of nitrogens with two attached hydrogens (primary N) is 1. The summed E-state index contributed by atoms with van der Waals surface area (Å²) in [6.45, 7) is 4.47. The zero-order valence-electron chi connectivity index (χ0n) is 20.6. The van der Waals surface area contributed by atoms with Crippen LogP contribution in [0.15, 0.2) is 66.0 Å². The largest absolute Gasteiger partial charge is 0.382 e. The number of hydroxylamine groups is 1. The molecule has 3 rings (SSSR count). The fraction of sp³-hybridized carbons (Fsp3) is 0.423. The van der Waals surface area contributed by atoms with E-state index in [0.717, 1.165) is 29.0 Å². The van der Waals surface area contributed by atoms with Crippen LogP contribution in [0.25, 0.3) is 5.70 Å². The van der Waals surface area contributed by atoms with Crippen LogP contribution in [-0.4, -0.2) is 56.6 Å². The Bertz CT molecular complexity index is 991. The van der Waals surface area contributed by atoms with Crippen LogP contribution in [0, 0.1) is 5.92 Å². The lowest BCUT2D eigenvalue weighted by molar-refractivity contribution is -0.0110. The number of benzene rings is 1. The van der Waals surface area contributed by atoms with Gasteiger partial charge in [-0.3, -0.25) is 4.84 Å². The number of nitrogens with one attached hydrogen (secondary N) is 3. The molecule has 0 fully saturated rings. The number of fused-ring (bicyclic) bond motifs is 1. The first-order valence-electron chi connectivity index (χ1n) is 11.9. The molecule has 2 aliphatic rings. The molecule has 2 heterocycles. The number of hydrogen-bond donors (Lipinski definition) is 4. The summed E-state index contributed by atoms with van der Waals surface area (Å²) in [5.41, 5.74) is 14.2. The number of rotatable bonds is 11. The second-order valence-corrected chi connectivity index (χ2v) is 8.65. The van der Waals surface area contributed by atoms with Crippen molar-refractivity contribution in [3.63, 3.8) is 0 Å². The number of carbonyl (C=O) groups excluding carboxylic acids is 1. The number of amides is 2. The standard InChI is InChI=1S/C26H36FN5O3/c1-18-7-8-23-17-21(25(28)19(2)31-35-14-13-34-3)9-12-32(23)24(15-18)20-5-4-6-22(16-20)30-26(33)29-11-10-27/h4-6,8-9,12,15-19,25,31H,7,10-11,13-14,28H2,1-3H3,(H2,29,30,33). The fourth-order valence-electron chi connectivity index (χ4n) is 3.85. The summed E-state index contributed by atoms with van der Waals surface area (Å²) >= 11 is 0. The minimum atomic E-state index is -0.608. The lowest BCUT2D eigenvalue weighted by Crippen LogP contribution is -2.44. The predicted molar refractivity (Wildman–Crippen MR) is 137 cm³/mol. The zero-order valence-corrected chi connectivity index (χ0v) is 20.6. The number of carbonyl (C=O) groups is 1. The van der Waals surface area contributed by atoms with Gasteiger partial charge in [0.05, 0.1) is 13.2 Å².